The highest BCUT2D eigenvalue weighted by Gasteiger charge is 2.17. The summed E-state index contributed by atoms with van der Waals surface area (Å²) in [5.41, 5.74) is 4.47. The van der Waals surface area contributed by atoms with Crippen molar-refractivity contribution in [1.82, 2.24) is 4.98 Å². The van der Waals surface area contributed by atoms with Gasteiger partial charge in [0, 0.05) is 21.0 Å². The molecule has 114 valence electrons. The van der Waals surface area contributed by atoms with E-state index >= 15 is 0 Å². The van der Waals surface area contributed by atoms with Crippen LogP contribution in [0.4, 0.5) is 0 Å². The lowest BCUT2D eigenvalue weighted by atomic mass is 10.0. The van der Waals surface area contributed by atoms with Crippen LogP contribution in [0.2, 0.25) is 0 Å². The van der Waals surface area contributed by atoms with Gasteiger partial charge < -0.3 is 4.98 Å². The molecule has 0 saturated carbocycles. The maximum absolute atomic E-state index is 12.3. The zero-order chi connectivity index (χ0) is 16.4. The Labute approximate surface area is 135 Å². The Balaban J connectivity index is 2.61. The van der Waals surface area contributed by atoms with Crippen molar-refractivity contribution in [2.24, 2.45) is 0 Å². The number of aryl methyl sites for hydroxylation is 2. The van der Waals surface area contributed by atoms with Crippen molar-refractivity contribution >= 4 is 11.8 Å². The van der Waals surface area contributed by atoms with Crippen LogP contribution in [-0.2, 0) is 0 Å². The van der Waals surface area contributed by atoms with Crippen LogP contribution in [0.3, 0.4) is 0 Å². The number of pyridine rings is 1. The molecule has 1 heterocycles. The van der Waals surface area contributed by atoms with Gasteiger partial charge in [0.2, 0.25) is 0 Å². The van der Waals surface area contributed by atoms with Crippen molar-refractivity contribution in [2.45, 2.75) is 50.3 Å². The van der Waals surface area contributed by atoms with E-state index < -0.39 is 0 Å². The molecule has 0 fully saturated rings. The molecule has 0 radical (unpaired) electrons. The van der Waals surface area contributed by atoms with E-state index in [2.05, 4.69) is 11.1 Å². The molecule has 22 heavy (non-hydrogen) atoms. The molecule has 0 aliphatic carbocycles. The minimum absolute atomic E-state index is 0.0197. The summed E-state index contributed by atoms with van der Waals surface area (Å²) in [6.45, 7) is 9.98. The maximum atomic E-state index is 12.3. The highest BCUT2D eigenvalue weighted by atomic mass is 32.2. The monoisotopic (exact) mass is 312 g/mol. The minimum Gasteiger partial charge on any atom is -0.326 e. The number of nitriles is 1. The van der Waals surface area contributed by atoms with E-state index in [9.17, 15) is 4.79 Å². The largest absolute Gasteiger partial charge is 0.326 e. The molecule has 3 nitrogen and oxygen atoms in total. The lowest BCUT2D eigenvalue weighted by Crippen LogP contribution is -2.18. The van der Waals surface area contributed by atoms with E-state index in [0.29, 0.717) is 5.56 Å². The van der Waals surface area contributed by atoms with E-state index in [1.807, 2.05) is 52.8 Å². The van der Waals surface area contributed by atoms with Gasteiger partial charge in [0.05, 0.1) is 11.6 Å². The zero-order valence-electron chi connectivity index (χ0n) is 13.6. The van der Waals surface area contributed by atoms with Crippen molar-refractivity contribution in [3.8, 4) is 6.07 Å². The van der Waals surface area contributed by atoms with Crippen LogP contribution in [0.5, 0.6) is 0 Å². The summed E-state index contributed by atoms with van der Waals surface area (Å²) in [5, 5.41) is 9.12. The first-order valence-corrected chi connectivity index (χ1v) is 8.08. The van der Waals surface area contributed by atoms with E-state index in [1.54, 1.807) is 11.8 Å². The van der Waals surface area contributed by atoms with Gasteiger partial charge in [-0.05, 0) is 56.0 Å². The van der Waals surface area contributed by atoms with Crippen LogP contribution < -0.4 is 5.56 Å². The summed E-state index contributed by atoms with van der Waals surface area (Å²) in [6.07, 6.45) is 0. The number of aromatic amines is 1. The summed E-state index contributed by atoms with van der Waals surface area (Å²) in [5.74, 6) is 0.144. The number of hydrogen-bond acceptors (Lipinski definition) is 3. The molecule has 2 aromatic rings. The molecule has 2 rings (SSSR count). The smallest absolute Gasteiger partial charge is 0.252 e. The van der Waals surface area contributed by atoms with Gasteiger partial charge in [-0.1, -0.05) is 25.6 Å². The molecule has 0 unspecified atom stereocenters. The van der Waals surface area contributed by atoms with Crippen LogP contribution >= 0.6 is 11.8 Å². The highest BCUT2D eigenvalue weighted by molar-refractivity contribution is 7.99. The van der Waals surface area contributed by atoms with Gasteiger partial charge in [-0.25, -0.2) is 0 Å². The third kappa shape index (κ3) is 3.26. The molecule has 0 spiro atoms. The van der Waals surface area contributed by atoms with Crippen LogP contribution in [0, 0.1) is 32.1 Å². The Morgan fingerprint density at radius 1 is 1.18 bits per heavy atom. The molecule has 0 aliphatic rings. The number of hydrogen-bond donors (Lipinski definition) is 1. The number of benzene rings is 1. The number of aromatic nitrogens is 1. The standard InChI is InChI=1S/C18H20N2OS/c1-10(2)16-17(12(4)13(5)20-18(16)21)22-15-7-11(3)6-14(8-15)9-19/h6-8,10H,1-5H3,(H,20,21). The fraction of sp³-hybridized carbons (Fsp3) is 0.333. The Morgan fingerprint density at radius 2 is 1.86 bits per heavy atom. The number of rotatable bonds is 3. The van der Waals surface area contributed by atoms with Gasteiger partial charge in [-0.15, -0.1) is 0 Å². The van der Waals surface area contributed by atoms with Crippen molar-refractivity contribution in [2.75, 3.05) is 0 Å². The summed E-state index contributed by atoms with van der Waals surface area (Å²) in [7, 11) is 0. The fourth-order valence-electron chi connectivity index (χ4n) is 2.45. The second-order valence-electron chi connectivity index (χ2n) is 5.85. The van der Waals surface area contributed by atoms with Crippen LogP contribution in [0.1, 0.15) is 47.7 Å². The van der Waals surface area contributed by atoms with Crippen molar-refractivity contribution in [3.05, 3.63) is 56.5 Å². The average Bonchev–Trinajstić information content (AvgIpc) is 2.43. The SMILES string of the molecule is Cc1cc(C#N)cc(Sc2c(C)c(C)[nH]c(=O)c2C(C)C)c1. The highest BCUT2D eigenvalue weighted by Crippen LogP contribution is 2.36. The van der Waals surface area contributed by atoms with Gasteiger partial charge in [0.25, 0.3) is 5.56 Å². The number of H-pyrrole nitrogens is 1. The zero-order valence-corrected chi connectivity index (χ0v) is 14.4. The number of nitrogens with one attached hydrogen (secondary N) is 1. The van der Waals surface area contributed by atoms with Gasteiger partial charge in [0.15, 0.2) is 0 Å². The van der Waals surface area contributed by atoms with Crippen LogP contribution in [-0.4, -0.2) is 4.98 Å². The molecule has 1 aromatic carbocycles. The lowest BCUT2D eigenvalue weighted by Gasteiger charge is -2.16. The molecular formula is C18H20N2OS. The van der Waals surface area contributed by atoms with Crippen molar-refractivity contribution in [1.29, 1.82) is 5.26 Å². The van der Waals surface area contributed by atoms with Gasteiger partial charge in [0.1, 0.15) is 0 Å². The predicted molar refractivity (Wildman–Crippen MR) is 90.6 cm³/mol. The van der Waals surface area contributed by atoms with Crippen molar-refractivity contribution in [3.63, 3.8) is 0 Å². The maximum Gasteiger partial charge on any atom is 0.252 e. The van der Waals surface area contributed by atoms with Crippen LogP contribution in [0.25, 0.3) is 0 Å². The summed E-state index contributed by atoms with van der Waals surface area (Å²) < 4.78 is 0. The molecular weight excluding hydrogens is 292 g/mol. The third-order valence-electron chi connectivity index (χ3n) is 3.67. The first-order chi connectivity index (χ1) is 10.3. The summed E-state index contributed by atoms with van der Waals surface area (Å²) in [4.78, 5) is 17.2. The molecule has 0 atom stereocenters. The van der Waals surface area contributed by atoms with Crippen molar-refractivity contribution < 1.29 is 0 Å². The predicted octanol–water partition coefficient (Wildman–Crippen LogP) is 4.45. The molecule has 1 aromatic heterocycles. The van der Waals surface area contributed by atoms with Gasteiger partial charge in [-0.2, -0.15) is 5.26 Å². The fourth-order valence-corrected chi connectivity index (χ4v) is 3.86. The Hall–Kier alpha value is -1.99. The molecule has 1 N–H and O–H groups in total. The Morgan fingerprint density at radius 3 is 2.45 bits per heavy atom. The normalized spacial score (nSPS) is 10.8. The van der Waals surface area contributed by atoms with E-state index in [-0.39, 0.29) is 11.5 Å². The second kappa shape index (κ2) is 6.41. The molecule has 0 aliphatic heterocycles. The van der Waals surface area contributed by atoms with E-state index in [1.165, 1.54) is 0 Å². The molecule has 0 bridgehead atoms. The van der Waals surface area contributed by atoms with Gasteiger partial charge in [-0.3, -0.25) is 4.79 Å². The van der Waals surface area contributed by atoms with E-state index in [0.717, 1.165) is 32.2 Å². The summed E-state index contributed by atoms with van der Waals surface area (Å²) in [6, 6.07) is 7.97. The number of nitrogens with zero attached hydrogens (tertiary/aromatic N) is 1. The topological polar surface area (TPSA) is 56.6 Å². The second-order valence-corrected chi connectivity index (χ2v) is 6.93. The lowest BCUT2D eigenvalue weighted by molar-refractivity contribution is 0.804. The third-order valence-corrected chi connectivity index (χ3v) is 4.87. The Bertz CT molecular complexity index is 813. The molecule has 0 amide bonds. The van der Waals surface area contributed by atoms with E-state index in [4.69, 9.17) is 5.26 Å². The van der Waals surface area contributed by atoms with Crippen LogP contribution in [0.15, 0.2) is 32.8 Å². The summed E-state index contributed by atoms with van der Waals surface area (Å²) >= 11 is 1.57. The first kappa shape index (κ1) is 16.4. The minimum atomic E-state index is -0.0197. The molecule has 4 heteroatoms. The first-order valence-electron chi connectivity index (χ1n) is 7.26. The quantitative estimate of drug-likeness (QED) is 0.911. The Kier molecular flexibility index (Phi) is 4.77. The van der Waals surface area contributed by atoms with Gasteiger partial charge >= 0.3 is 0 Å². The molecule has 0 saturated heterocycles. The average molecular weight is 312 g/mol.